The van der Waals surface area contributed by atoms with Gasteiger partial charge in [0, 0.05) is 11.6 Å². The van der Waals surface area contributed by atoms with Gasteiger partial charge < -0.3 is 15.4 Å². The lowest BCUT2D eigenvalue weighted by Gasteiger charge is -2.31. The quantitative estimate of drug-likeness (QED) is 0.868. The number of benzene rings is 1. The molecule has 1 unspecified atom stereocenters. The minimum atomic E-state index is -4.36. The Balaban J connectivity index is 0.00000242. The van der Waals surface area contributed by atoms with Crippen molar-refractivity contribution >= 4 is 24.0 Å². The van der Waals surface area contributed by atoms with E-state index in [1.807, 2.05) is 6.92 Å². The Kier molecular flexibility index (Phi) is 6.49. The van der Waals surface area contributed by atoms with Crippen molar-refractivity contribution in [2.24, 2.45) is 11.8 Å². The molecule has 2 N–H and O–H groups in total. The number of hydrogen-bond donors (Lipinski definition) is 2. The summed E-state index contributed by atoms with van der Waals surface area (Å²) in [7, 11) is 0. The summed E-state index contributed by atoms with van der Waals surface area (Å²) in [6.07, 6.45) is -4.36. The summed E-state index contributed by atoms with van der Waals surface area (Å²) in [5.41, 5.74) is 0.540. The number of hydrogen-bond acceptors (Lipinski definition) is 3. The molecular weight excluding hydrogens is 321 g/mol. The average molecular weight is 339 g/mol. The van der Waals surface area contributed by atoms with Crippen LogP contribution in [0.2, 0.25) is 0 Å². The molecule has 0 aromatic heterocycles. The van der Waals surface area contributed by atoms with Gasteiger partial charge in [-0.2, -0.15) is 13.2 Å². The lowest BCUT2D eigenvalue weighted by Crippen LogP contribution is -2.48. The number of ether oxygens (including phenoxy) is 1. The molecule has 1 aliphatic heterocycles. The van der Waals surface area contributed by atoms with E-state index in [0.29, 0.717) is 11.6 Å². The summed E-state index contributed by atoms with van der Waals surface area (Å²) in [5.74, 6) is 0.249. The van der Waals surface area contributed by atoms with E-state index in [1.54, 1.807) is 0 Å². The Morgan fingerprint density at radius 1 is 1.36 bits per heavy atom. The highest BCUT2D eigenvalue weighted by Gasteiger charge is 2.29. The third kappa shape index (κ3) is 5.38. The van der Waals surface area contributed by atoms with Gasteiger partial charge in [-0.25, -0.2) is 0 Å². The number of carbonyl (C=O) groups excluding carboxylic acids is 1. The third-order valence-electron chi connectivity index (χ3n) is 3.46. The Bertz CT molecular complexity index is 490. The predicted octanol–water partition coefficient (Wildman–Crippen LogP) is 2.84. The second-order valence-corrected chi connectivity index (χ2v) is 5.12. The number of amides is 1. The van der Waals surface area contributed by atoms with Gasteiger partial charge in [-0.15, -0.1) is 12.4 Å². The van der Waals surface area contributed by atoms with Crippen molar-refractivity contribution in [2.45, 2.75) is 13.1 Å². The minimum Gasteiger partial charge on any atom is -0.484 e. The Morgan fingerprint density at radius 2 is 1.95 bits per heavy atom. The molecule has 1 aliphatic rings. The first-order valence-electron chi connectivity index (χ1n) is 6.66. The van der Waals surface area contributed by atoms with Crippen molar-refractivity contribution < 1.29 is 22.7 Å². The molecule has 2 rings (SSSR count). The molecular formula is C14H18ClF3N2O2. The normalized spacial score (nSPS) is 16.2. The van der Waals surface area contributed by atoms with E-state index >= 15 is 0 Å². The fourth-order valence-electron chi connectivity index (χ4n) is 1.93. The summed E-state index contributed by atoms with van der Waals surface area (Å²) in [6.45, 7) is 2.20. The van der Waals surface area contributed by atoms with E-state index in [9.17, 15) is 18.0 Å². The van der Waals surface area contributed by atoms with Crippen LogP contribution in [0.1, 0.15) is 6.92 Å². The van der Waals surface area contributed by atoms with E-state index in [-0.39, 0.29) is 30.0 Å². The molecule has 0 aliphatic carbocycles. The van der Waals surface area contributed by atoms with Gasteiger partial charge in [0.05, 0.1) is 0 Å². The number of halogens is 4. The molecule has 1 fully saturated rings. The average Bonchev–Trinajstić information content (AvgIpc) is 2.35. The van der Waals surface area contributed by atoms with Gasteiger partial charge in [-0.05, 0) is 43.3 Å². The van der Waals surface area contributed by atoms with Gasteiger partial charge in [-0.1, -0.05) is 6.92 Å². The Morgan fingerprint density at radius 3 is 2.41 bits per heavy atom. The zero-order chi connectivity index (χ0) is 15.5. The van der Waals surface area contributed by atoms with Crippen molar-refractivity contribution in [1.29, 1.82) is 0 Å². The van der Waals surface area contributed by atoms with Gasteiger partial charge in [0.2, 0.25) is 5.91 Å². The summed E-state index contributed by atoms with van der Waals surface area (Å²) in [6, 6.07) is 5.85. The van der Waals surface area contributed by atoms with Crippen LogP contribution in [0.4, 0.5) is 18.9 Å². The van der Waals surface area contributed by atoms with Crippen LogP contribution in [0.5, 0.6) is 5.75 Å². The summed E-state index contributed by atoms with van der Waals surface area (Å²) in [5, 5.41) is 5.85. The highest BCUT2D eigenvalue weighted by atomic mass is 35.5. The second kappa shape index (κ2) is 7.69. The smallest absolute Gasteiger partial charge is 0.422 e. The van der Waals surface area contributed by atoms with Gasteiger partial charge in [0.25, 0.3) is 0 Å². The summed E-state index contributed by atoms with van der Waals surface area (Å²) < 4.78 is 40.6. The van der Waals surface area contributed by atoms with E-state index in [1.165, 1.54) is 24.3 Å². The van der Waals surface area contributed by atoms with E-state index in [2.05, 4.69) is 15.4 Å². The van der Waals surface area contributed by atoms with Gasteiger partial charge >= 0.3 is 6.18 Å². The number of anilines is 1. The molecule has 22 heavy (non-hydrogen) atoms. The van der Waals surface area contributed by atoms with Crippen LogP contribution in [0, 0.1) is 11.8 Å². The van der Waals surface area contributed by atoms with Crippen molar-refractivity contribution in [3.63, 3.8) is 0 Å². The Labute approximate surface area is 132 Å². The third-order valence-corrected chi connectivity index (χ3v) is 3.46. The maximum atomic E-state index is 12.0. The van der Waals surface area contributed by atoms with Gasteiger partial charge in [0.1, 0.15) is 5.75 Å². The maximum absolute atomic E-state index is 12.0. The lowest BCUT2D eigenvalue weighted by atomic mass is 9.88. The molecule has 1 heterocycles. The monoisotopic (exact) mass is 338 g/mol. The van der Waals surface area contributed by atoms with Crippen molar-refractivity contribution in [2.75, 3.05) is 25.0 Å². The number of carbonyl (C=O) groups is 1. The molecule has 1 atom stereocenters. The van der Waals surface area contributed by atoms with Crippen LogP contribution < -0.4 is 15.4 Å². The first-order chi connectivity index (χ1) is 9.85. The van der Waals surface area contributed by atoms with Gasteiger partial charge in [-0.3, -0.25) is 4.79 Å². The molecule has 8 heteroatoms. The van der Waals surface area contributed by atoms with Crippen molar-refractivity contribution in [3.8, 4) is 5.75 Å². The first-order valence-corrected chi connectivity index (χ1v) is 6.66. The molecule has 0 saturated carbocycles. The first kappa shape index (κ1) is 18.6. The fraction of sp³-hybridized carbons (Fsp3) is 0.500. The molecule has 1 aromatic rings. The molecule has 0 spiro atoms. The minimum absolute atomic E-state index is 0. The molecule has 0 radical (unpaired) electrons. The zero-order valence-electron chi connectivity index (χ0n) is 11.9. The van der Waals surface area contributed by atoms with E-state index < -0.39 is 12.8 Å². The topological polar surface area (TPSA) is 50.4 Å². The molecule has 1 amide bonds. The van der Waals surface area contributed by atoms with Crippen LogP contribution in [-0.2, 0) is 4.79 Å². The van der Waals surface area contributed by atoms with Crippen LogP contribution >= 0.6 is 12.4 Å². The van der Waals surface area contributed by atoms with E-state index in [4.69, 9.17) is 0 Å². The number of nitrogens with one attached hydrogen (secondary N) is 2. The molecule has 124 valence electrons. The van der Waals surface area contributed by atoms with Crippen LogP contribution in [0.25, 0.3) is 0 Å². The lowest BCUT2D eigenvalue weighted by molar-refractivity contribution is -0.153. The Hall–Kier alpha value is -1.47. The summed E-state index contributed by atoms with van der Waals surface area (Å²) >= 11 is 0. The van der Waals surface area contributed by atoms with Crippen molar-refractivity contribution in [1.82, 2.24) is 5.32 Å². The summed E-state index contributed by atoms with van der Waals surface area (Å²) in [4.78, 5) is 12.0. The van der Waals surface area contributed by atoms with Crippen LogP contribution in [0.3, 0.4) is 0 Å². The molecule has 0 bridgehead atoms. The van der Waals surface area contributed by atoms with Crippen LogP contribution in [-0.4, -0.2) is 31.8 Å². The van der Waals surface area contributed by atoms with Crippen molar-refractivity contribution in [3.05, 3.63) is 24.3 Å². The standard InChI is InChI=1S/C14H17F3N2O2.ClH/c1-9(10-6-18-7-10)13(20)19-11-2-4-12(5-3-11)21-8-14(15,16)17;/h2-5,9-10,18H,6-8H2,1H3,(H,19,20);1H. The largest absolute Gasteiger partial charge is 0.484 e. The predicted molar refractivity (Wildman–Crippen MR) is 79.4 cm³/mol. The highest BCUT2D eigenvalue weighted by Crippen LogP contribution is 2.22. The SMILES string of the molecule is CC(C(=O)Nc1ccc(OCC(F)(F)F)cc1)C1CNC1.Cl. The highest BCUT2D eigenvalue weighted by molar-refractivity contribution is 5.92. The number of rotatable bonds is 5. The fourth-order valence-corrected chi connectivity index (χ4v) is 1.93. The molecule has 4 nitrogen and oxygen atoms in total. The zero-order valence-corrected chi connectivity index (χ0v) is 12.8. The maximum Gasteiger partial charge on any atom is 0.422 e. The second-order valence-electron chi connectivity index (χ2n) is 5.12. The van der Waals surface area contributed by atoms with E-state index in [0.717, 1.165) is 13.1 Å². The molecule has 1 saturated heterocycles. The van der Waals surface area contributed by atoms with Gasteiger partial charge in [0.15, 0.2) is 6.61 Å². The number of alkyl halides is 3. The van der Waals surface area contributed by atoms with Crippen LogP contribution in [0.15, 0.2) is 24.3 Å². The molecule has 1 aromatic carbocycles.